The molecule has 0 saturated carbocycles. The molecule has 106 valence electrons. The minimum absolute atomic E-state index is 0.218. The van der Waals surface area contributed by atoms with E-state index in [1.165, 1.54) is 0 Å². The van der Waals surface area contributed by atoms with E-state index in [1.54, 1.807) is 0 Å². The first kappa shape index (κ1) is 16.7. The van der Waals surface area contributed by atoms with Gasteiger partial charge < -0.3 is 15.7 Å². The second kappa shape index (κ2) is 7.24. The molecule has 5 nitrogen and oxygen atoms in total. The van der Waals surface area contributed by atoms with Gasteiger partial charge in [-0.1, -0.05) is 27.7 Å². The van der Waals surface area contributed by atoms with E-state index in [4.69, 9.17) is 5.11 Å². The van der Waals surface area contributed by atoms with Gasteiger partial charge in [0.15, 0.2) is 0 Å². The van der Waals surface area contributed by atoms with Crippen LogP contribution in [0.2, 0.25) is 0 Å². The quantitative estimate of drug-likeness (QED) is 0.656. The molecule has 0 aliphatic rings. The van der Waals surface area contributed by atoms with Crippen molar-refractivity contribution < 1.29 is 14.7 Å². The Morgan fingerprint density at radius 1 is 1.22 bits per heavy atom. The summed E-state index contributed by atoms with van der Waals surface area (Å²) >= 11 is 0. The van der Waals surface area contributed by atoms with Crippen molar-refractivity contribution in [1.29, 1.82) is 0 Å². The largest absolute Gasteiger partial charge is 0.480 e. The van der Waals surface area contributed by atoms with Crippen molar-refractivity contribution in [2.75, 3.05) is 0 Å². The van der Waals surface area contributed by atoms with Crippen molar-refractivity contribution in [1.82, 2.24) is 10.6 Å². The van der Waals surface area contributed by atoms with Gasteiger partial charge in [0.1, 0.15) is 6.04 Å². The Bertz CT molecular complexity index is 286. The summed E-state index contributed by atoms with van der Waals surface area (Å²) in [4.78, 5) is 22.8. The monoisotopic (exact) mass is 258 g/mol. The van der Waals surface area contributed by atoms with Crippen molar-refractivity contribution in [2.45, 2.75) is 65.5 Å². The van der Waals surface area contributed by atoms with Crippen LogP contribution in [0.5, 0.6) is 0 Å². The molecule has 0 radical (unpaired) electrons. The molecule has 0 unspecified atom stereocenters. The standard InChI is InChI=1S/C13H26N2O3/c1-6-13(5,7-2)15-12(18)14-10(11(16)17)8-9(3)4/h9-10H,6-8H2,1-5H3,(H,16,17)(H2,14,15,18)/t10-/m0/s1. The number of aliphatic carboxylic acids is 1. The molecule has 0 aromatic rings. The molecule has 0 aliphatic heterocycles. The van der Waals surface area contributed by atoms with E-state index in [2.05, 4.69) is 10.6 Å². The smallest absolute Gasteiger partial charge is 0.326 e. The molecule has 0 fully saturated rings. The fraction of sp³-hybridized carbons (Fsp3) is 0.846. The first-order valence-corrected chi connectivity index (χ1v) is 6.55. The topological polar surface area (TPSA) is 78.4 Å². The number of carbonyl (C=O) groups excluding carboxylic acids is 1. The lowest BCUT2D eigenvalue weighted by molar-refractivity contribution is -0.139. The van der Waals surface area contributed by atoms with Gasteiger partial charge in [-0.15, -0.1) is 0 Å². The first-order chi connectivity index (χ1) is 8.24. The molecule has 1 atom stereocenters. The molecule has 18 heavy (non-hydrogen) atoms. The summed E-state index contributed by atoms with van der Waals surface area (Å²) in [7, 11) is 0. The molecular formula is C13H26N2O3. The van der Waals surface area contributed by atoms with Gasteiger partial charge in [-0.05, 0) is 32.1 Å². The van der Waals surface area contributed by atoms with E-state index in [-0.39, 0.29) is 11.5 Å². The van der Waals surface area contributed by atoms with Crippen molar-refractivity contribution in [3.63, 3.8) is 0 Å². The van der Waals surface area contributed by atoms with Gasteiger partial charge in [0, 0.05) is 5.54 Å². The fourth-order valence-electron chi connectivity index (χ4n) is 1.59. The van der Waals surface area contributed by atoms with Gasteiger partial charge in [-0.3, -0.25) is 0 Å². The van der Waals surface area contributed by atoms with Gasteiger partial charge in [-0.25, -0.2) is 9.59 Å². The Labute approximate surface area is 109 Å². The highest BCUT2D eigenvalue weighted by atomic mass is 16.4. The maximum Gasteiger partial charge on any atom is 0.326 e. The number of rotatable bonds is 7. The lowest BCUT2D eigenvalue weighted by atomic mass is 9.96. The maximum absolute atomic E-state index is 11.8. The molecule has 0 aliphatic carbocycles. The molecule has 0 aromatic heterocycles. The summed E-state index contributed by atoms with van der Waals surface area (Å²) in [5, 5.41) is 14.4. The Morgan fingerprint density at radius 2 is 1.72 bits per heavy atom. The van der Waals surface area contributed by atoms with E-state index in [0.717, 1.165) is 12.8 Å². The lowest BCUT2D eigenvalue weighted by Crippen LogP contribution is -2.53. The van der Waals surface area contributed by atoms with Crippen LogP contribution in [-0.2, 0) is 4.79 Å². The van der Waals surface area contributed by atoms with Crippen molar-refractivity contribution in [2.24, 2.45) is 5.92 Å². The van der Waals surface area contributed by atoms with Crippen molar-refractivity contribution in [3.8, 4) is 0 Å². The third kappa shape index (κ3) is 5.89. The Balaban J connectivity index is 4.47. The Hall–Kier alpha value is -1.26. The third-order valence-corrected chi connectivity index (χ3v) is 3.29. The number of carboxylic acid groups (broad SMARTS) is 1. The van der Waals surface area contributed by atoms with Crippen LogP contribution in [0.15, 0.2) is 0 Å². The number of amides is 2. The van der Waals surface area contributed by atoms with Gasteiger partial charge in [-0.2, -0.15) is 0 Å². The SMILES string of the molecule is CCC(C)(CC)NC(=O)N[C@@H](CC(C)C)C(=O)O. The zero-order valence-corrected chi connectivity index (χ0v) is 12.0. The lowest BCUT2D eigenvalue weighted by Gasteiger charge is -2.29. The Kier molecular flexibility index (Phi) is 6.73. The molecule has 3 N–H and O–H groups in total. The van der Waals surface area contributed by atoms with E-state index >= 15 is 0 Å². The highest BCUT2D eigenvalue weighted by Gasteiger charge is 2.25. The predicted molar refractivity (Wildman–Crippen MR) is 71.5 cm³/mol. The van der Waals surface area contributed by atoms with E-state index in [9.17, 15) is 9.59 Å². The Morgan fingerprint density at radius 3 is 2.06 bits per heavy atom. The van der Waals surface area contributed by atoms with Crippen LogP contribution in [0.3, 0.4) is 0 Å². The predicted octanol–water partition coefficient (Wildman–Crippen LogP) is 2.36. The summed E-state index contributed by atoms with van der Waals surface area (Å²) in [5.41, 5.74) is -0.287. The zero-order valence-electron chi connectivity index (χ0n) is 12.0. The van der Waals surface area contributed by atoms with Crippen LogP contribution < -0.4 is 10.6 Å². The van der Waals surface area contributed by atoms with Crippen LogP contribution in [0.1, 0.15) is 53.9 Å². The van der Waals surface area contributed by atoms with Gasteiger partial charge >= 0.3 is 12.0 Å². The zero-order chi connectivity index (χ0) is 14.3. The molecule has 0 bridgehead atoms. The molecule has 0 rings (SSSR count). The summed E-state index contributed by atoms with van der Waals surface area (Å²) in [6.45, 7) is 9.79. The average molecular weight is 258 g/mol. The van der Waals surface area contributed by atoms with Gasteiger partial charge in [0.25, 0.3) is 0 Å². The number of hydrogen-bond donors (Lipinski definition) is 3. The van der Waals surface area contributed by atoms with Crippen LogP contribution >= 0.6 is 0 Å². The van der Waals surface area contributed by atoms with E-state index < -0.39 is 18.0 Å². The summed E-state index contributed by atoms with van der Waals surface area (Å²) in [6, 6.07) is -1.24. The molecule has 0 aromatic carbocycles. The third-order valence-electron chi connectivity index (χ3n) is 3.29. The van der Waals surface area contributed by atoms with Crippen molar-refractivity contribution >= 4 is 12.0 Å². The maximum atomic E-state index is 11.8. The molecule has 0 spiro atoms. The number of hydrogen-bond acceptors (Lipinski definition) is 2. The van der Waals surface area contributed by atoms with Gasteiger partial charge in [0.2, 0.25) is 0 Å². The fourth-order valence-corrected chi connectivity index (χ4v) is 1.59. The van der Waals surface area contributed by atoms with Gasteiger partial charge in [0.05, 0.1) is 0 Å². The average Bonchev–Trinajstić information content (AvgIpc) is 2.27. The first-order valence-electron chi connectivity index (χ1n) is 6.55. The van der Waals surface area contributed by atoms with Crippen LogP contribution in [-0.4, -0.2) is 28.7 Å². The molecule has 5 heteroatoms. The highest BCUT2D eigenvalue weighted by Crippen LogP contribution is 2.13. The highest BCUT2D eigenvalue weighted by molar-refractivity contribution is 5.82. The summed E-state index contributed by atoms with van der Waals surface area (Å²) in [6.07, 6.45) is 2.04. The molecule has 0 heterocycles. The normalized spacial score (nSPS) is 13.2. The molecule has 2 amide bonds. The minimum atomic E-state index is -0.992. The molecular weight excluding hydrogens is 232 g/mol. The second-order valence-electron chi connectivity index (χ2n) is 5.39. The number of nitrogens with one attached hydrogen (secondary N) is 2. The summed E-state index contributed by atoms with van der Waals surface area (Å²) in [5.74, 6) is -0.774. The second-order valence-corrected chi connectivity index (χ2v) is 5.39. The van der Waals surface area contributed by atoms with Crippen LogP contribution in [0.4, 0.5) is 4.79 Å². The van der Waals surface area contributed by atoms with E-state index in [0.29, 0.717) is 6.42 Å². The van der Waals surface area contributed by atoms with E-state index in [1.807, 2.05) is 34.6 Å². The number of carboxylic acids is 1. The van der Waals surface area contributed by atoms with Crippen LogP contribution in [0, 0.1) is 5.92 Å². The molecule has 0 saturated heterocycles. The minimum Gasteiger partial charge on any atom is -0.480 e. The summed E-state index contributed by atoms with van der Waals surface area (Å²) < 4.78 is 0. The number of carbonyl (C=O) groups is 2. The number of urea groups is 1. The van der Waals surface area contributed by atoms with Crippen LogP contribution in [0.25, 0.3) is 0 Å². The van der Waals surface area contributed by atoms with Crippen molar-refractivity contribution in [3.05, 3.63) is 0 Å².